The molecule has 2 N–H and O–H groups in total. The number of rotatable bonds is 7. The van der Waals surface area contributed by atoms with Crippen molar-refractivity contribution >= 4 is 45.3 Å². The highest BCUT2D eigenvalue weighted by molar-refractivity contribution is 8.13. The molecule has 4 rings (SSSR count). The fourth-order valence-electron chi connectivity index (χ4n) is 3.43. The van der Waals surface area contributed by atoms with Crippen molar-refractivity contribution in [3.63, 3.8) is 0 Å². The van der Waals surface area contributed by atoms with Crippen molar-refractivity contribution in [2.75, 3.05) is 0 Å². The molecule has 166 valence electrons. The zero-order chi connectivity index (χ0) is 23.2. The van der Waals surface area contributed by atoms with Gasteiger partial charge in [0.1, 0.15) is 6.04 Å². The minimum Gasteiger partial charge on any atom is -0.341 e. The lowest BCUT2D eigenvalue weighted by Crippen LogP contribution is -2.41. The van der Waals surface area contributed by atoms with E-state index in [9.17, 15) is 14.4 Å². The molecule has 0 saturated heterocycles. The van der Waals surface area contributed by atoms with Gasteiger partial charge in [0, 0.05) is 45.9 Å². The first-order valence-electron chi connectivity index (χ1n) is 10.2. The maximum Gasteiger partial charge on any atom is 0.251 e. The highest BCUT2D eigenvalue weighted by Crippen LogP contribution is 2.20. The molecule has 6 nitrogen and oxygen atoms in total. The Balaban J connectivity index is 1.60. The quantitative estimate of drug-likeness (QED) is 0.412. The SMILES string of the molecule is O=C(NC(Cc1cc(=O)[nH]c2ccccc12)C(=O)SCc1ccccn1)c1ccc(Cl)cc1. The van der Waals surface area contributed by atoms with Crippen LogP contribution in [-0.4, -0.2) is 27.0 Å². The van der Waals surface area contributed by atoms with Gasteiger partial charge in [-0.25, -0.2) is 0 Å². The van der Waals surface area contributed by atoms with Crippen LogP contribution < -0.4 is 10.9 Å². The molecule has 1 atom stereocenters. The molecule has 33 heavy (non-hydrogen) atoms. The molecule has 0 spiro atoms. The number of H-pyrrole nitrogens is 1. The molecule has 4 aromatic rings. The summed E-state index contributed by atoms with van der Waals surface area (Å²) >= 11 is 7.00. The zero-order valence-corrected chi connectivity index (χ0v) is 19.0. The normalized spacial score (nSPS) is 11.8. The summed E-state index contributed by atoms with van der Waals surface area (Å²) in [6.07, 6.45) is 1.85. The third-order valence-corrected chi connectivity index (χ3v) is 6.31. The van der Waals surface area contributed by atoms with Crippen LogP contribution in [0.3, 0.4) is 0 Å². The number of halogens is 1. The van der Waals surface area contributed by atoms with Crippen molar-refractivity contribution in [1.82, 2.24) is 15.3 Å². The van der Waals surface area contributed by atoms with E-state index in [1.54, 1.807) is 36.5 Å². The summed E-state index contributed by atoms with van der Waals surface area (Å²) < 4.78 is 0. The molecule has 0 fully saturated rings. The van der Waals surface area contributed by atoms with Crippen LogP contribution in [0.4, 0.5) is 0 Å². The van der Waals surface area contributed by atoms with Gasteiger partial charge in [0.05, 0.1) is 5.69 Å². The summed E-state index contributed by atoms with van der Waals surface area (Å²) in [6.45, 7) is 0. The van der Waals surface area contributed by atoms with Crippen molar-refractivity contribution in [2.24, 2.45) is 0 Å². The number of aromatic nitrogens is 2. The largest absolute Gasteiger partial charge is 0.341 e. The van der Waals surface area contributed by atoms with Gasteiger partial charge in [-0.1, -0.05) is 47.6 Å². The molecule has 0 aliphatic rings. The molecule has 0 aliphatic carbocycles. The molecule has 2 aromatic carbocycles. The standard InChI is InChI=1S/C25H20ClN3O3S/c26-18-10-8-16(9-11-18)24(31)29-22(25(32)33-15-19-5-3-4-12-27-19)13-17-14-23(30)28-21-7-2-1-6-20(17)21/h1-12,14,22H,13,15H2,(H,28,30)(H,29,31). The summed E-state index contributed by atoms with van der Waals surface area (Å²) in [5, 5.41) is 3.96. The van der Waals surface area contributed by atoms with Crippen molar-refractivity contribution < 1.29 is 9.59 Å². The number of thioether (sulfide) groups is 1. The number of amides is 1. The summed E-state index contributed by atoms with van der Waals surface area (Å²) in [7, 11) is 0. The van der Waals surface area contributed by atoms with Crippen LogP contribution in [0.25, 0.3) is 10.9 Å². The summed E-state index contributed by atoms with van der Waals surface area (Å²) in [4.78, 5) is 45.3. The van der Waals surface area contributed by atoms with Crippen LogP contribution >= 0.6 is 23.4 Å². The van der Waals surface area contributed by atoms with Gasteiger partial charge < -0.3 is 10.3 Å². The second kappa shape index (κ2) is 10.5. The lowest BCUT2D eigenvalue weighted by atomic mass is 10.0. The Kier molecular flexibility index (Phi) is 7.22. The van der Waals surface area contributed by atoms with Gasteiger partial charge in [-0.05, 0) is 48.0 Å². The Labute approximate surface area is 199 Å². The predicted molar refractivity (Wildman–Crippen MR) is 132 cm³/mol. The first-order valence-corrected chi connectivity index (χ1v) is 11.6. The molecule has 1 amide bonds. The maximum atomic E-state index is 13.2. The van der Waals surface area contributed by atoms with Gasteiger partial charge in [-0.3, -0.25) is 19.4 Å². The average Bonchev–Trinajstić information content (AvgIpc) is 2.83. The van der Waals surface area contributed by atoms with E-state index in [1.165, 1.54) is 6.07 Å². The van der Waals surface area contributed by atoms with Gasteiger partial charge in [-0.15, -0.1) is 0 Å². The number of para-hydroxylation sites is 1. The Morgan fingerprint density at radius 3 is 2.55 bits per heavy atom. The van der Waals surface area contributed by atoms with E-state index in [2.05, 4.69) is 15.3 Å². The van der Waals surface area contributed by atoms with E-state index < -0.39 is 11.9 Å². The highest BCUT2D eigenvalue weighted by atomic mass is 35.5. The Bertz CT molecular complexity index is 1340. The van der Waals surface area contributed by atoms with Gasteiger partial charge in [0.2, 0.25) is 10.7 Å². The number of nitrogens with one attached hydrogen (secondary N) is 2. The fraction of sp³-hybridized carbons (Fsp3) is 0.120. The number of fused-ring (bicyclic) bond motifs is 1. The Morgan fingerprint density at radius 1 is 1.03 bits per heavy atom. The predicted octanol–water partition coefficient (Wildman–Crippen LogP) is 4.38. The van der Waals surface area contributed by atoms with E-state index in [-0.39, 0.29) is 17.1 Å². The van der Waals surface area contributed by atoms with E-state index in [1.807, 2.05) is 36.4 Å². The topological polar surface area (TPSA) is 91.9 Å². The van der Waals surface area contributed by atoms with Gasteiger partial charge in [-0.2, -0.15) is 0 Å². The van der Waals surface area contributed by atoms with Crippen molar-refractivity contribution in [2.45, 2.75) is 18.2 Å². The van der Waals surface area contributed by atoms with Crippen LogP contribution in [0.5, 0.6) is 0 Å². The molecule has 0 aliphatic heterocycles. The van der Waals surface area contributed by atoms with Crippen molar-refractivity contribution in [3.8, 4) is 0 Å². The Hall–Kier alpha value is -3.42. The van der Waals surface area contributed by atoms with Crippen LogP contribution in [-0.2, 0) is 17.0 Å². The second-order valence-electron chi connectivity index (χ2n) is 7.37. The van der Waals surface area contributed by atoms with Gasteiger partial charge in [0.15, 0.2) is 0 Å². The maximum absolute atomic E-state index is 13.2. The summed E-state index contributed by atoms with van der Waals surface area (Å²) in [5.74, 6) is -0.0130. The summed E-state index contributed by atoms with van der Waals surface area (Å²) in [5.41, 5.74) is 2.25. The molecule has 0 bridgehead atoms. The van der Waals surface area contributed by atoms with Gasteiger partial charge in [0.25, 0.3) is 5.91 Å². The van der Waals surface area contributed by atoms with Crippen LogP contribution in [0, 0.1) is 0 Å². The molecule has 8 heteroatoms. The minimum absolute atomic E-state index is 0.178. The molecule has 1 unspecified atom stereocenters. The number of hydrogen-bond acceptors (Lipinski definition) is 5. The number of aromatic amines is 1. The Morgan fingerprint density at radius 2 is 1.79 bits per heavy atom. The van der Waals surface area contributed by atoms with E-state index in [4.69, 9.17) is 11.6 Å². The number of benzene rings is 2. The van der Waals surface area contributed by atoms with E-state index >= 15 is 0 Å². The van der Waals surface area contributed by atoms with Gasteiger partial charge >= 0.3 is 0 Å². The van der Waals surface area contributed by atoms with Crippen LogP contribution in [0.2, 0.25) is 5.02 Å². The molecule has 2 aromatic heterocycles. The molecule has 0 radical (unpaired) electrons. The van der Waals surface area contributed by atoms with Crippen molar-refractivity contribution in [1.29, 1.82) is 0 Å². The molecule has 2 heterocycles. The smallest absolute Gasteiger partial charge is 0.251 e. The third kappa shape index (κ3) is 5.88. The monoisotopic (exact) mass is 477 g/mol. The first kappa shape index (κ1) is 22.8. The van der Waals surface area contributed by atoms with E-state index in [0.29, 0.717) is 27.4 Å². The molecular formula is C25H20ClN3O3S. The first-order chi connectivity index (χ1) is 16.0. The lowest BCUT2D eigenvalue weighted by molar-refractivity contribution is -0.112. The number of pyridine rings is 2. The molecular weight excluding hydrogens is 458 g/mol. The van der Waals surface area contributed by atoms with Crippen molar-refractivity contribution in [3.05, 3.63) is 111 Å². The molecule has 0 saturated carbocycles. The zero-order valence-electron chi connectivity index (χ0n) is 17.5. The van der Waals surface area contributed by atoms with Crippen LogP contribution in [0.1, 0.15) is 21.6 Å². The minimum atomic E-state index is -0.841. The number of carbonyl (C=O) groups is 2. The summed E-state index contributed by atoms with van der Waals surface area (Å²) in [6, 6.07) is 20.0. The number of carbonyl (C=O) groups excluding carboxylic acids is 2. The lowest BCUT2D eigenvalue weighted by Gasteiger charge is -2.18. The number of nitrogens with zero attached hydrogens (tertiary/aromatic N) is 1. The second-order valence-corrected chi connectivity index (χ2v) is 8.79. The third-order valence-electron chi connectivity index (χ3n) is 5.04. The number of hydrogen-bond donors (Lipinski definition) is 2. The highest BCUT2D eigenvalue weighted by Gasteiger charge is 2.24. The van der Waals surface area contributed by atoms with E-state index in [0.717, 1.165) is 22.8 Å². The van der Waals surface area contributed by atoms with Crippen LogP contribution in [0.15, 0.2) is 83.8 Å². The fourth-order valence-corrected chi connectivity index (χ4v) is 4.36. The average molecular weight is 478 g/mol.